The molecule has 48 heavy (non-hydrogen) atoms. The number of rotatable bonds is 14. The summed E-state index contributed by atoms with van der Waals surface area (Å²) in [4.78, 5) is 3.96. The molecule has 1 aliphatic heterocycles. The fourth-order valence-electron chi connectivity index (χ4n) is 6.19. The van der Waals surface area contributed by atoms with Crippen LogP contribution in [0.4, 0.5) is 11.4 Å². The molecule has 11 nitrogen and oxygen atoms in total. The number of aryl methyl sites for hydroxylation is 1. The molecule has 0 unspecified atom stereocenters. The summed E-state index contributed by atoms with van der Waals surface area (Å²) in [6.07, 6.45) is 2.11. The minimum absolute atomic E-state index is 0.130. The van der Waals surface area contributed by atoms with Crippen LogP contribution in [-0.2, 0) is 26.5 Å². The molecule has 0 bridgehead atoms. The number of benzene rings is 3. The van der Waals surface area contributed by atoms with Gasteiger partial charge in [-0.15, -0.1) is 0 Å². The predicted octanol–water partition coefficient (Wildman–Crippen LogP) is 7.03. The molecule has 0 saturated carbocycles. The van der Waals surface area contributed by atoms with Gasteiger partial charge in [0.05, 0.1) is 39.0 Å². The highest BCUT2D eigenvalue weighted by atomic mass is 35.5. The second-order valence-corrected chi connectivity index (χ2v) is 16.8. The zero-order chi connectivity index (χ0) is 34.9. The summed E-state index contributed by atoms with van der Waals surface area (Å²) < 4.78 is 77.1. The van der Waals surface area contributed by atoms with Crippen molar-refractivity contribution in [3.63, 3.8) is 0 Å². The van der Waals surface area contributed by atoms with Crippen LogP contribution in [0.15, 0.2) is 70.9 Å². The summed E-state index contributed by atoms with van der Waals surface area (Å²) in [7, 11) is -9.24. The molecule has 1 aromatic heterocycles. The van der Waals surface area contributed by atoms with Gasteiger partial charge < -0.3 is 14.2 Å². The van der Waals surface area contributed by atoms with Crippen LogP contribution in [-0.4, -0.2) is 68.3 Å². The van der Waals surface area contributed by atoms with Crippen LogP contribution in [0.25, 0.3) is 28.3 Å². The van der Waals surface area contributed by atoms with E-state index in [2.05, 4.69) is 0 Å². The quantitative estimate of drug-likeness (QED) is 0.0919. The van der Waals surface area contributed by atoms with E-state index < -0.39 is 25.7 Å². The molecule has 15 heteroatoms. The lowest BCUT2D eigenvalue weighted by molar-refractivity contribution is -0.677. The third-order valence-corrected chi connectivity index (χ3v) is 12.5. The van der Waals surface area contributed by atoms with E-state index in [4.69, 9.17) is 27.6 Å². The minimum atomic E-state index is -5.05. The number of hydrogen-bond donors (Lipinski definition) is 3. The van der Waals surface area contributed by atoms with Crippen molar-refractivity contribution in [1.29, 1.82) is 0 Å². The molecule has 2 heterocycles. The standard InChI is InChI=1S/C33H40Cl2N4O7S2/c1-4-36(5-2)48(43,44,45)19-11-17-38-29-22-27(35)26(34)21-28(29)37(6-3)32(38)23-33-39(16-10-18-47(40,41)42)30-20-25(14-15-31(30)46-33)24-12-8-7-9-13-24/h7-9,12-15,20-23H,4-6,10-11,16-19H2,1-3H3,(H2-,40,41,42,43,44,45)/p+1. The van der Waals surface area contributed by atoms with Crippen molar-refractivity contribution in [2.75, 3.05) is 47.5 Å². The molecule has 0 spiro atoms. The largest absolute Gasteiger partial charge is 0.398 e. The Morgan fingerprint density at radius 2 is 1.56 bits per heavy atom. The SMILES string of the molecule is CCN1/C(=C\c2oc3ccc(-c4ccccc4)cc3[n+]2CCCS(=O)(=O)O)N(CCCS(=O)(O)(O)N(CC)CC)c2cc(Cl)c(Cl)cc21. The van der Waals surface area contributed by atoms with Crippen molar-refractivity contribution in [2.45, 2.75) is 40.2 Å². The first-order valence-electron chi connectivity index (χ1n) is 15.8. The third kappa shape index (κ3) is 7.74. The number of fused-ring (bicyclic) bond motifs is 2. The van der Waals surface area contributed by atoms with Crippen molar-refractivity contribution in [2.24, 2.45) is 0 Å². The number of anilines is 2. The molecule has 3 N–H and O–H groups in total. The molecule has 0 amide bonds. The zero-order valence-electron chi connectivity index (χ0n) is 27.1. The van der Waals surface area contributed by atoms with Gasteiger partial charge in [0.25, 0.3) is 15.6 Å². The number of hydrogen-bond acceptors (Lipinski definition) is 6. The van der Waals surface area contributed by atoms with E-state index >= 15 is 0 Å². The van der Waals surface area contributed by atoms with Crippen molar-refractivity contribution < 1.29 is 35.3 Å². The summed E-state index contributed by atoms with van der Waals surface area (Å²) in [6.45, 7) is 6.81. The predicted molar refractivity (Wildman–Crippen MR) is 193 cm³/mol. The van der Waals surface area contributed by atoms with E-state index in [1.807, 2.05) is 75.9 Å². The van der Waals surface area contributed by atoms with Gasteiger partial charge in [-0.3, -0.25) is 13.7 Å². The van der Waals surface area contributed by atoms with E-state index in [0.29, 0.717) is 33.9 Å². The first kappa shape index (κ1) is 36.3. The van der Waals surface area contributed by atoms with Crippen LogP contribution in [0.5, 0.6) is 0 Å². The van der Waals surface area contributed by atoms with Gasteiger partial charge in [0.2, 0.25) is 5.58 Å². The van der Waals surface area contributed by atoms with Crippen molar-refractivity contribution in [3.05, 3.63) is 82.4 Å². The Bertz CT molecular complexity index is 2010. The Kier molecular flexibility index (Phi) is 10.6. The Hall–Kier alpha value is -3.01. The molecule has 4 aromatic rings. The smallest absolute Gasteiger partial charge is 0.377 e. The van der Waals surface area contributed by atoms with Crippen LogP contribution in [0.3, 0.4) is 0 Å². The van der Waals surface area contributed by atoms with Gasteiger partial charge >= 0.3 is 5.89 Å². The molecule has 5 rings (SSSR count). The lowest BCUT2D eigenvalue weighted by atomic mass is 10.1. The van der Waals surface area contributed by atoms with Gasteiger partial charge in [-0.25, -0.2) is 8.51 Å². The van der Waals surface area contributed by atoms with Crippen LogP contribution in [0.1, 0.15) is 39.5 Å². The lowest BCUT2D eigenvalue weighted by Crippen LogP contribution is -2.52. The van der Waals surface area contributed by atoms with E-state index in [0.717, 1.165) is 28.0 Å². The second kappa shape index (κ2) is 14.1. The van der Waals surface area contributed by atoms with Crippen molar-refractivity contribution in [1.82, 2.24) is 4.31 Å². The fourth-order valence-corrected chi connectivity index (χ4v) is 8.93. The van der Waals surface area contributed by atoms with E-state index in [9.17, 15) is 26.3 Å². The molecule has 0 saturated heterocycles. The summed E-state index contributed by atoms with van der Waals surface area (Å²) >= 11 is 12.9. The maximum Gasteiger partial charge on any atom is 0.377 e. The lowest BCUT2D eigenvalue weighted by Gasteiger charge is -2.40. The average Bonchev–Trinajstić information content (AvgIpc) is 3.50. The third-order valence-electron chi connectivity index (χ3n) is 8.45. The Morgan fingerprint density at radius 3 is 2.17 bits per heavy atom. The van der Waals surface area contributed by atoms with Gasteiger partial charge in [-0.05, 0) is 42.7 Å². The Morgan fingerprint density at radius 1 is 0.917 bits per heavy atom. The highest BCUT2D eigenvalue weighted by Gasteiger charge is 2.38. The summed E-state index contributed by atoms with van der Waals surface area (Å²) in [6, 6.07) is 19.1. The molecule has 260 valence electrons. The molecule has 0 fully saturated rings. The van der Waals surface area contributed by atoms with E-state index in [-0.39, 0.29) is 44.8 Å². The van der Waals surface area contributed by atoms with Crippen molar-refractivity contribution >= 4 is 71.7 Å². The topological polar surface area (TPSA) is 139 Å². The first-order chi connectivity index (χ1) is 22.6. The minimum Gasteiger partial charge on any atom is -0.398 e. The normalized spacial score (nSPS) is 15.4. The first-order valence-corrected chi connectivity index (χ1v) is 20.1. The molecular weight excluding hydrogens is 699 g/mol. The van der Waals surface area contributed by atoms with E-state index in [1.54, 1.807) is 26.0 Å². The van der Waals surface area contributed by atoms with E-state index in [1.165, 1.54) is 4.31 Å². The van der Waals surface area contributed by atoms with Crippen LogP contribution >= 0.6 is 23.2 Å². The zero-order valence-corrected chi connectivity index (χ0v) is 30.2. The average molecular weight is 741 g/mol. The maximum absolute atomic E-state index is 13.3. The number of halogens is 2. The number of nitrogens with zero attached hydrogens (tertiary/aromatic N) is 4. The second-order valence-electron chi connectivity index (χ2n) is 11.6. The fraction of sp³-hybridized carbons (Fsp3) is 0.364. The Labute approximate surface area is 291 Å². The molecule has 0 radical (unpaired) electrons. The summed E-state index contributed by atoms with van der Waals surface area (Å²) in [5, 5.41) is 0.702. The van der Waals surface area contributed by atoms with Crippen LogP contribution < -0.4 is 14.4 Å². The van der Waals surface area contributed by atoms with Gasteiger partial charge in [-0.1, -0.05) is 73.4 Å². The molecule has 1 aliphatic rings. The van der Waals surface area contributed by atoms with Gasteiger partial charge in [0.1, 0.15) is 15.6 Å². The van der Waals surface area contributed by atoms with Crippen molar-refractivity contribution in [3.8, 4) is 11.1 Å². The molecular formula is C33H41Cl2N4O7S2+. The van der Waals surface area contributed by atoms with Crippen LogP contribution in [0.2, 0.25) is 10.0 Å². The monoisotopic (exact) mass is 739 g/mol. The Balaban J connectivity index is 1.61. The summed E-state index contributed by atoms with van der Waals surface area (Å²) in [5.74, 6) is 0.294. The van der Waals surface area contributed by atoms with Gasteiger partial charge in [0.15, 0.2) is 6.54 Å². The maximum atomic E-state index is 13.3. The van der Waals surface area contributed by atoms with Crippen LogP contribution in [0, 0.1) is 0 Å². The summed E-state index contributed by atoms with van der Waals surface area (Å²) in [5.41, 5.74) is 4.75. The highest BCUT2D eigenvalue weighted by Crippen LogP contribution is 2.46. The molecule has 3 aromatic carbocycles. The molecule has 0 aliphatic carbocycles. The highest BCUT2D eigenvalue weighted by molar-refractivity contribution is 8.08. The number of aromatic nitrogens is 1. The number of oxazole rings is 1. The van der Waals surface area contributed by atoms with Gasteiger partial charge in [-0.2, -0.15) is 13.0 Å². The van der Waals surface area contributed by atoms with Gasteiger partial charge in [0, 0.05) is 38.7 Å². The molecule has 0 atom stereocenters.